The SMILES string of the molecule is CN(C(=O)O)c1ccc(C(=O)N[C@@H](Cc2ccc(OC3CCCC3)cc2)C(=O)N2CCC3(C2)OC(=O)Nc2ccc(Cl)cc23)cc1. The molecule has 12 heteroatoms. The summed E-state index contributed by atoms with van der Waals surface area (Å²) in [5.41, 5.74) is 1.70. The highest BCUT2D eigenvalue weighted by Gasteiger charge is 2.49. The number of fused-ring (bicyclic) bond motifs is 2. The van der Waals surface area contributed by atoms with Crippen LogP contribution in [0.25, 0.3) is 0 Å². The standard InChI is InChI=1S/C34H35ClN4O7/c1-38(33(43)44)24-11-8-22(9-12-24)30(40)36-29(18-21-6-13-26(14-7-21)45-25-4-2-3-5-25)31(41)39-17-16-34(20-39)27-19-23(35)10-15-28(27)37-32(42)46-34/h6-15,19,25,29H,2-5,16-18,20H2,1H3,(H,36,40)(H,37,42)(H,43,44)/t29-,34?/m0/s1. The first-order valence-corrected chi connectivity index (χ1v) is 15.7. The summed E-state index contributed by atoms with van der Waals surface area (Å²) in [5, 5.41) is 15.3. The molecular formula is C34H35ClN4O7. The lowest BCUT2D eigenvalue weighted by molar-refractivity contribution is -0.133. The Hall–Kier alpha value is -4.77. The number of ether oxygens (including phenoxy) is 2. The molecule has 3 N–H and O–H groups in total. The number of carbonyl (C=O) groups is 4. The van der Waals surface area contributed by atoms with E-state index in [0.717, 1.165) is 41.9 Å². The molecule has 2 heterocycles. The van der Waals surface area contributed by atoms with Crippen molar-refractivity contribution in [3.63, 3.8) is 0 Å². The summed E-state index contributed by atoms with van der Waals surface area (Å²) in [4.78, 5) is 54.1. The first-order valence-electron chi connectivity index (χ1n) is 15.3. The monoisotopic (exact) mass is 646 g/mol. The molecule has 6 rings (SSSR count). The Bertz CT molecular complexity index is 1640. The first-order chi connectivity index (χ1) is 22.1. The maximum absolute atomic E-state index is 14.2. The van der Waals surface area contributed by atoms with Gasteiger partial charge in [-0.1, -0.05) is 23.7 Å². The van der Waals surface area contributed by atoms with Crippen LogP contribution in [-0.4, -0.2) is 66.3 Å². The molecule has 3 aromatic carbocycles. The fraction of sp³-hybridized carbons (Fsp3) is 0.353. The number of hydrogen-bond donors (Lipinski definition) is 3. The summed E-state index contributed by atoms with van der Waals surface area (Å²) in [5.74, 6) is -0.0409. The average molecular weight is 647 g/mol. The van der Waals surface area contributed by atoms with Crippen LogP contribution in [0, 0.1) is 0 Å². The number of amides is 4. The zero-order valence-electron chi connectivity index (χ0n) is 25.3. The van der Waals surface area contributed by atoms with E-state index in [1.807, 2.05) is 24.3 Å². The summed E-state index contributed by atoms with van der Waals surface area (Å²) in [6.45, 7) is 0.401. The van der Waals surface area contributed by atoms with Crippen LogP contribution in [0.15, 0.2) is 66.7 Å². The third-order valence-electron chi connectivity index (χ3n) is 8.92. The number of halogens is 1. The van der Waals surface area contributed by atoms with Crippen molar-refractivity contribution < 1.29 is 33.8 Å². The highest BCUT2D eigenvalue weighted by atomic mass is 35.5. The second-order valence-corrected chi connectivity index (χ2v) is 12.4. The molecule has 0 bridgehead atoms. The van der Waals surface area contributed by atoms with Gasteiger partial charge in [0.2, 0.25) is 5.91 Å². The van der Waals surface area contributed by atoms with Crippen LogP contribution in [0.5, 0.6) is 5.75 Å². The van der Waals surface area contributed by atoms with E-state index in [1.54, 1.807) is 23.1 Å². The van der Waals surface area contributed by atoms with Crippen LogP contribution in [0.4, 0.5) is 21.0 Å². The fourth-order valence-electron chi connectivity index (χ4n) is 6.39. The van der Waals surface area contributed by atoms with E-state index in [2.05, 4.69) is 10.6 Å². The maximum atomic E-state index is 14.2. The minimum atomic E-state index is -1.13. The number of carbonyl (C=O) groups excluding carboxylic acids is 3. The molecule has 11 nitrogen and oxygen atoms in total. The van der Waals surface area contributed by atoms with Crippen LogP contribution in [0.2, 0.25) is 5.02 Å². The number of carboxylic acid groups (broad SMARTS) is 1. The lowest BCUT2D eigenvalue weighted by atomic mass is 9.90. The molecule has 2 fully saturated rings. The predicted molar refractivity (Wildman–Crippen MR) is 172 cm³/mol. The number of rotatable bonds is 8. The summed E-state index contributed by atoms with van der Waals surface area (Å²) in [7, 11) is 1.41. The highest BCUT2D eigenvalue weighted by molar-refractivity contribution is 6.30. The van der Waals surface area contributed by atoms with E-state index < -0.39 is 29.7 Å². The summed E-state index contributed by atoms with van der Waals surface area (Å²) < 4.78 is 11.9. The van der Waals surface area contributed by atoms with Crippen molar-refractivity contribution in [2.75, 3.05) is 30.4 Å². The van der Waals surface area contributed by atoms with Gasteiger partial charge >= 0.3 is 12.2 Å². The van der Waals surface area contributed by atoms with Gasteiger partial charge in [0.05, 0.1) is 18.3 Å². The van der Waals surface area contributed by atoms with Gasteiger partial charge in [-0.25, -0.2) is 9.59 Å². The van der Waals surface area contributed by atoms with Gasteiger partial charge in [0.15, 0.2) is 5.60 Å². The second-order valence-electron chi connectivity index (χ2n) is 12.0. The van der Waals surface area contributed by atoms with Crippen molar-refractivity contribution in [1.29, 1.82) is 0 Å². The lowest BCUT2D eigenvalue weighted by Gasteiger charge is -2.35. The van der Waals surface area contributed by atoms with Crippen LogP contribution < -0.4 is 20.3 Å². The Balaban J connectivity index is 1.22. The van der Waals surface area contributed by atoms with Crippen LogP contribution >= 0.6 is 11.6 Å². The Morgan fingerprint density at radius 3 is 2.52 bits per heavy atom. The van der Waals surface area contributed by atoms with E-state index in [0.29, 0.717) is 34.9 Å². The van der Waals surface area contributed by atoms with Gasteiger partial charge in [0.1, 0.15) is 11.8 Å². The zero-order chi connectivity index (χ0) is 32.4. The zero-order valence-corrected chi connectivity index (χ0v) is 26.1. The third kappa shape index (κ3) is 6.60. The van der Waals surface area contributed by atoms with Crippen molar-refractivity contribution in [2.45, 2.75) is 56.3 Å². The number of nitrogens with one attached hydrogen (secondary N) is 2. The number of benzene rings is 3. The fourth-order valence-corrected chi connectivity index (χ4v) is 6.56. The largest absolute Gasteiger partial charge is 0.490 e. The van der Waals surface area contributed by atoms with Gasteiger partial charge in [-0.2, -0.15) is 0 Å². The van der Waals surface area contributed by atoms with E-state index in [-0.39, 0.29) is 30.5 Å². The second kappa shape index (κ2) is 12.9. The molecule has 3 aliphatic rings. The Morgan fingerprint density at radius 1 is 1.11 bits per heavy atom. The third-order valence-corrected chi connectivity index (χ3v) is 9.15. The summed E-state index contributed by atoms with van der Waals surface area (Å²) in [6, 6.07) is 17.8. The van der Waals surface area contributed by atoms with E-state index in [9.17, 15) is 24.3 Å². The molecule has 1 spiro atoms. The van der Waals surface area contributed by atoms with Crippen molar-refractivity contribution in [2.24, 2.45) is 0 Å². The minimum absolute atomic E-state index is 0.101. The topological polar surface area (TPSA) is 138 Å². The Kier molecular flexibility index (Phi) is 8.77. The van der Waals surface area contributed by atoms with Gasteiger partial charge < -0.3 is 24.8 Å². The highest BCUT2D eigenvalue weighted by Crippen LogP contribution is 2.44. The first kappa shape index (κ1) is 31.2. The molecule has 240 valence electrons. The minimum Gasteiger partial charge on any atom is -0.490 e. The molecule has 2 atom stereocenters. The molecular weight excluding hydrogens is 612 g/mol. The number of hydrogen-bond acceptors (Lipinski definition) is 6. The van der Waals surface area contributed by atoms with Gasteiger partial charge in [0, 0.05) is 48.3 Å². The Labute approximate surface area is 271 Å². The maximum Gasteiger partial charge on any atom is 0.412 e. The van der Waals surface area contributed by atoms with Crippen LogP contribution in [-0.2, 0) is 21.6 Å². The molecule has 1 saturated heterocycles. The van der Waals surface area contributed by atoms with E-state index in [1.165, 1.54) is 31.3 Å². The van der Waals surface area contributed by atoms with Gasteiger partial charge in [-0.15, -0.1) is 0 Å². The molecule has 46 heavy (non-hydrogen) atoms. The van der Waals surface area contributed by atoms with E-state index in [4.69, 9.17) is 21.1 Å². The van der Waals surface area contributed by atoms with Gasteiger partial charge in [-0.05, 0) is 85.8 Å². The van der Waals surface area contributed by atoms with Crippen molar-refractivity contribution >= 4 is 47.0 Å². The van der Waals surface area contributed by atoms with Crippen molar-refractivity contribution in [3.8, 4) is 5.75 Å². The molecule has 1 saturated carbocycles. The normalized spacial score (nSPS) is 19.6. The number of nitrogens with zero attached hydrogens (tertiary/aromatic N) is 2. The molecule has 2 aliphatic heterocycles. The Morgan fingerprint density at radius 2 is 1.83 bits per heavy atom. The van der Waals surface area contributed by atoms with E-state index >= 15 is 0 Å². The molecule has 0 radical (unpaired) electrons. The molecule has 1 aliphatic carbocycles. The lowest BCUT2D eigenvalue weighted by Crippen LogP contribution is -2.50. The van der Waals surface area contributed by atoms with Crippen LogP contribution in [0.3, 0.4) is 0 Å². The number of likely N-dealkylation sites (tertiary alicyclic amines) is 1. The number of anilines is 2. The quantitative estimate of drug-likeness (QED) is 0.281. The van der Waals surface area contributed by atoms with Gasteiger partial charge in [-0.3, -0.25) is 19.8 Å². The van der Waals surface area contributed by atoms with Crippen LogP contribution in [0.1, 0.15) is 53.6 Å². The molecule has 3 aromatic rings. The predicted octanol–water partition coefficient (Wildman–Crippen LogP) is 5.81. The van der Waals surface area contributed by atoms with Gasteiger partial charge in [0.25, 0.3) is 5.91 Å². The van der Waals surface area contributed by atoms with Crippen molar-refractivity contribution in [3.05, 3.63) is 88.4 Å². The molecule has 4 amide bonds. The average Bonchev–Trinajstić information content (AvgIpc) is 3.72. The summed E-state index contributed by atoms with van der Waals surface area (Å²) >= 11 is 6.29. The van der Waals surface area contributed by atoms with Crippen molar-refractivity contribution in [1.82, 2.24) is 10.2 Å². The smallest absolute Gasteiger partial charge is 0.412 e. The summed E-state index contributed by atoms with van der Waals surface area (Å²) in [6.07, 6.45) is 3.46. The molecule has 0 aromatic heterocycles. The molecule has 1 unspecified atom stereocenters.